The van der Waals surface area contributed by atoms with Gasteiger partial charge in [-0.15, -0.1) is 11.3 Å². The molecule has 0 radical (unpaired) electrons. The Bertz CT molecular complexity index is 698. The standard InChI is InChI=1S/C18H21NO4S/c1-21-18(20)17-7-5-14(24-17)3-2-8-19-12-13-4-6-15-16(11-13)23-10-9-22-15/h4-7,11,19H,2-3,8-10,12H2,1H3. The molecule has 0 unspecified atom stereocenters. The minimum absolute atomic E-state index is 0.261. The summed E-state index contributed by atoms with van der Waals surface area (Å²) in [6.07, 6.45) is 1.97. The lowest BCUT2D eigenvalue weighted by Crippen LogP contribution is -2.17. The lowest BCUT2D eigenvalue weighted by molar-refractivity contribution is 0.0606. The summed E-state index contributed by atoms with van der Waals surface area (Å²) in [5, 5.41) is 3.44. The van der Waals surface area contributed by atoms with E-state index >= 15 is 0 Å². The third kappa shape index (κ3) is 4.27. The average molecular weight is 347 g/mol. The Labute approximate surface area is 145 Å². The van der Waals surface area contributed by atoms with Crippen LogP contribution in [-0.2, 0) is 17.7 Å². The van der Waals surface area contributed by atoms with Crippen LogP contribution in [0.25, 0.3) is 0 Å². The molecule has 0 saturated carbocycles. The predicted octanol–water partition coefficient (Wildman–Crippen LogP) is 3.03. The van der Waals surface area contributed by atoms with Gasteiger partial charge in [-0.1, -0.05) is 6.07 Å². The lowest BCUT2D eigenvalue weighted by Gasteiger charge is -2.19. The van der Waals surface area contributed by atoms with Crippen LogP contribution in [0.3, 0.4) is 0 Å². The number of hydrogen-bond donors (Lipinski definition) is 1. The molecule has 2 aromatic rings. The molecular weight excluding hydrogens is 326 g/mol. The number of carbonyl (C=O) groups excluding carboxylic acids is 1. The zero-order chi connectivity index (χ0) is 16.8. The highest BCUT2D eigenvalue weighted by Gasteiger charge is 2.11. The van der Waals surface area contributed by atoms with Gasteiger partial charge in [0.25, 0.3) is 0 Å². The topological polar surface area (TPSA) is 56.8 Å². The van der Waals surface area contributed by atoms with Crippen LogP contribution in [-0.4, -0.2) is 32.8 Å². The first-order chi connectivity index (χ1) is 11.8. The minimum atomic E-state index is -0.261. The molecule has 1 aliphatic rings. The number of fused-ring (bicyclic) bond motifs is 1. The van der Waals surface area contributed by atoms with Gasteiger partial charge in [0.2, 0.25) is 0 Å². The van der Waals surface area contributed by atoms with Gasteiger partial charge in [-0.25, -0.2) is 4.79 Å². The molecule has 0 atom stereocenters. The number of esters is 1. The number of aryl methyl sites for hydroxylation is 1. The van der Waals surface area contributed by atoms with E-state index in [1.54, 1.807) is 0 Å². The summed E-state index contributed by atoms with van der Waals surface area (Å²) in [4.78, 5) is 13.3. The van der Waals surface area contributed by atoms with Crippen molar-refractivity contribution >= 4 is 17.3 Å². The maximum Gasteiger partial charge on any atom is 0.348 e. The smallest absolute Gasteiger partial charge is 0.348 e. The van der Waals surface area contributed by atoms with E-state index in [1.807, 2.05) is 24.3 Å². The Morgan fingerprint density at radius 2 is 2.04 bits per heavy atom. The van der Waals surface area contributed by atoms with Crippen molar-refractivity contribution in [2.45, 2.75) is 19.4 Å². The second-order valence-corrected chi connectivity index (χ2v) is 6.68. The molecule has 5 nitrogen and oxygen atoms in total. The van der Waals surface area contributed by atoms with Crippen LogP contribution in [0.5, 0.6) is 11.5 Å². The van der Waals surface area contributed by atoms with Gasteiger partial charge in [0.05, 0.1) is 7.11 Å². The van der Waals surface area contributed by atoms with Crippen molar-refractivity contribution in [3.63, 3.8) is 0 Å². The number of hydrogen-bond acceptors (Lipinski definition) is 6. The van der Waals surface area contributed by atoms with E-state index in [0.29, 0.717) is 18.1 Å². The van der Waals surface area contributed by atoms with E-state index in [9.17, 15) is 4.79 Å². The van der Waals surface area contributed by atoms with Gasteiger partial charge in [-0.05, 0) is 49.2 Å². The molecule has 6 heteroatoms. The Morgan fingerprint density at radius 1 is 1.21 bits per heavy atom. The Hall–Kier alpha value is -2.05. The highest BCUT2D eigenvalue weighted by molar-refractivity contribution is 7.13. The second-order valence-electron chi connectivity index (χ2n) is 5.52. The molecule has 0 aliphatic carbocycles. The van der Waals surface area contributed by atoms with Crippen molar-refractivity contribution in [2.75, 3.05) is 26.9 Å². The van der Waals surface area contributed by atoms with Gasteiger partial charge < -0.3 is 19.5 Å². The van der Waals surface area contributed by atoms with Crippen molar-refractivity contribution < 1.29 is 19.0 Å². The summed E-state index contributed by atoms with van der Waals surface area (Å²) >= 11 is 1.50. The van der Waals surface area contributed by atoms with Crippen LogP contribution in [0.15, 0.2) is 30.3 Å². The van der Waals surface area contributed by atoms with E-state index in [2.05, 4.69) is 11.4 Å². The monoisotopic (exact) mass is 347 g/mol. The van der Waals surface area contributed by atoms with Crippen molar-refractivity contribution in [3.8, 4) is 11.5 Å². The summed E-state index contributed by atoms with van der Waals surface area (Å²) < 4.78 is 15.8. The lowest BCUT2D eigenvalue weighted by atomic mass is 10.2. The number of rotatable bonds is 7. The maximum absolute atomic E-state index is 11.4. The molecule has 0 fully saturated rings. The first-order valence-electron chi connectivity index (χ1n) is 8.02. The molecule has 2 heterocycles. The summed E-state index contributed by atoms with van der Waals surface area (Å²) in [5.74, 6) is 1.39. The van der Waals surface area contributed by atoms with E-state index in [-0.39, 0.29) is 5.97 Å². The molecular formula is C18H21NO4S. The summed E-state index contributed by atoms with van der Waals surface area (Å²) in [6.45, 7) is 2.94. The van der Waals surface area contributed by atoms with Crippen molar-refractivity contribution in [3.05, 3.63) is 45.6 Å². The normalized spacial score (nSPS) is 12.9. The highest BCUT2D eigenvalue weighted by Crippen LogP contribution is 2.30. The summed E-state index contributed by atoms with van der Waals surface area (Å²) in [7, 11) is 1.41. The number of thiophene rings is 1. The van der Waals surface area contributed by atoms with Gasteiger partial charge in [0, 0.05) is 11.4 Å². The molecule has 24 heavy (non-hydrogen) atoms. The molecule has 3 rings (SSSR count). The molecule has 1 N–H and O–H groups in total. The highest BCUT2D eigenvalue weighted by atomic mass is 32.1. The van der Waals surface area contributed by atoms with Gasteiger partial charge in [-0.3, -0.25) is 0 Å². The molecule has 0 saturated heterocycles. The second kappa shape index (κ2) is 8.17. The molecule has 0 spiro atoms. The third-order valence-corrected chi connectivity index (χ3v) is 4.89. The zero-order valence-corrected chi connectivity index (χ0v) is 14.5. The van der Waals surface area contributed by atoms with Crippen LogP contribution >= 0.6 is 11.3 Å². The fraction of sp³-hybridized carbons (Fsp3) is 0.389. The number of nitrogens with one attached hydrogen (secondary N) is 1. The molecule has 128 valence electrons. The van der Waals surface area contributed by atoms with Gasteiger partial charge in [-0.2, -0.15) is 0 Å². The van der Waals surface area contributed by atoms with E-state index < -0.39 is 0 Å². The largest absolute Gasteiger partial charge is 0.486 e. The first-order valence-corrected chi connectivity index (χ1v) is 8.84. The fourth-order valence-corrected chi connectivity index (χ4v) is 3.51. The molecule has 0 amide bonds. The molecule has 1 aromatic heterocycles. The van der Waals surface area contributed by atoms with Crippen molar-refractivity contribution in [2.24, 2.45) is 0 Å². The van der Waals surface area contributed by atoms with Crippen LogP contribution < -0.4 is 14.8 Å². The van der Waals surface area contributed by atoms with Crippen LogP contribution in [0, 0.1) is 0 Å². The number of ether oxygens (including phenoxy) is 3. The molecule has 1 aromatic carbocycles. The van der Waals surface area contributed by atoms with E-state index in [1.165, 1.54) is 28.9 Å². The average Bonchev–Trinajstić information content (AvgIpc) is 3.09. The van der Waals surface area contributed by atoms with Crippen LogP contribution in [0.2, 0.25) is 0 Å². The van der Waals surface area contributed by atoms with Gasteiger partial charge in [0.15, 0.2) is 11.5 Å². The summed E-state index contributed by atoms with van der Waals surface area (Å²) in [6, 6.07) is 9.88. The maximum atomic E-state index is 11.4. The van der Waals surface area contributed by atoms with Crippen LogP contribution in [0.4, 0.5) is 0 Å². The van der Waals surface area contributed by atoms with E-state index in [0.717, 1.165) is 37.4 Å². The quantitative estimate of drug-likeness (QED) is 0.616. The Kier molecular flexibility index (Phi) is 5.72. The van der Waals surface area contributed by atoms with Gasteiger partial charge >= 0.3 is 5.97 Å². The molecule has 0 bridgehead atoms. The van der Waals surface area contributed by atoms with Crippen molar-refractivity contribution in [1.82, 2.24) is 5.32 Å². The zero-order valence-electron chi connectivity index (χ0n) is 13.7. The molecule has 1 aliphatic heterocycles. The predicted molar refractivity (Wildman–Crippen MR) is 93.1 cm³/mol. The Morgan fingerprint density at radius 3 is 2.88 bits per heavy atom. The van der Waals surface area contributed by atoms with Crippen LogP contribution in [0.1, 0.15) is 26.5 Å². The Balaban J connectivity index is 1.39. The fourth-order valence-electron chi connectivity index (χ4n) is 2.54. The first kappa shape index (κ1) is 16.8. The number of benzene rings is 1. The van der Waals surface area contributed by atoms with Gasteiger partial charge in [0.1, 0.15) is 18.1 Å². The number of methoxy groups -OCH3 is 1. The third-order valence-electron chi connectivity index (χ3n) is 3.76. The SMILES string of the molecule is COC(=O)c1ccc(CCCNCc2ccc3c(c2)OCCO3)s1. The summed E-state index contributed by atoms with van der Waals surface area (Å²) in [5.41, 5.74) is 1.18. The number of carbonyl (C=O) groups is 1. The van der Waals surface area contributed by atoms with Crippen molar-refractivity contribution in [1.29, 1.82) is 0 Å². The minimum Gasteiger partial charge on any atom is -0.486 e. The van der Waals surface area contributed by atoms with E-state index in [4.69, 9.17) is 14.2 Å².